The highest BCUT2D eigenvalue weighted by Crippen LogP contribution is 2.21. The zero-order valence-corrected chi connectivity index (χ0v) is 18.9. The first-order chi connectivity index (χ1) is 16.2. The monoisotopic (exact) mass is 440 g/mol. The molecule has 1 amide bonds. The summed E-state index contributed by atoms with van der Waals surface area (Å²) < 4.78 is 7.73. The maximum atomic E-state index is 13.0. The molecule has 0 bridgehead atoms. The maximum Gasteiger partial charge on any atom is 0.253 e. The van der Waals surface area contributed by atoms with Gasteiger partial charge in [0.25, 0.3) is 5.91 Å². The minimum Gasteiger partial charge on any atom is -0.486 e. The van der Waals surface area contributed by atoms with Gasteiger partial charge in [0.2, 0.25) is 0 Å². The van der Waals surface area contributed by atoms with Gasteiger partial charge in [-0.1, -0.05) is 42.5 Å². The highest BCUT2D eigenvalue weighted by atomic mass is 16.5. The average molecular weight is 441 g/mol. The highest BCUT2D eigenvalue weighted by molar-refractivity contribution is 5.94. The molecule has 1 aliphatic rings. The summed E-state index contributed by atoms with van der Waals surface area (Å²) >= 11 is 0. The van der Waals surface area contributed by atoms with Gasteiger partial charge in [0.1, 0.15) is 18.2 Å². The largest absolute Gasteiger partial charge is 0.486 e. The Hall–Kier alpha value is -3.64. The quantitative estimate of drug-likeness (QED) is 0.453. The van der Waals surface area contributed by atoms with Crippen LogP contribution in [0.5, 0.6) is 5.75 Å². The standard InChI is InChI=1S/C27H28N4O2/c1-29-14-13-28-26(29)20-33-24-11-9-22(10-12-24)27(32)31-17-15-30(16-18-31)19-23-7-4-6-21-5-2-3-8-25(21)23/h2-14H,15-20H2,1H3. The number of piperazine rings is 1. The van der Waals surface area contributed by atoms with Gasteiger partial charge in [-0.05, 0) is 40.6 Å². The van der Waals surface area contributed by atoms with E-state index in [2.05, 4.69) is 52.3 Å². The Morgan fingerprint density at radius 2 is 1.70 bits per heavy atom. The lowest BCUT2D eigenvalue weighted by atomic mass is 10.0. The summed E-state index contributed by atoms with van der Waals surface area (Å²) in [5.41, 5.74) is 2.04. The van der Waals surface area contributed by atoms with Crippen LogP contribution in [-0.4, -0.2) is 51.4 Å². The van der Waals surface area contributed by atoms with Gasteiger partial charge in [0.15, 0.2) is 0 Å². The van der Waals surface area contributed by atoms with E-state index in [1.165, 1.54) is 16.3 Å². The molecule has 2 heterocycles. The van der Waals surface area contributed by atoms with Gasteiger partial charge in [-0.25, -0.2) is 4.98 Å². The van der Waals surface area contributed by atoms with Crippen LogP contribution in [0.4, 0.5) is 0 Å². The van der Waals surface area contributed by atoms with Crippen molar-refractivity contribution in [1.29, 1.82) is 0 Å². The van der Waals surface area contributed by atoms with E-state index < -0.39 is 0 Å². The minimum atomic E-state index is 0.0791. The number of fused-ring (bicyclic) bond motifs is 1. The van der Waals surface area contributed by atoms with Crippen molar-refractivity contribution in [3.8, 4) is 5.75 Å². The van der Waals surface area contributed by atoms with Crippen molar-refractivity contribution >= 4 is 16.7 Å². The summed E-state index contributed by atoms with van der Waals surface area (Å²) in [5, 5.41) is 2.58. The number of hydrogen-bond donors (Lipinski definition) is 0. The topological polar surface area (TPSA) is 50.6 Å². The number of ether oxygens (including phenoxy) is 1. The zero-order valence-electron chi connectivity index (χ0n) is 18.9. The number of imidazole rings is 1. The molecule has 0 atom stereocenters. The second-order valence-corrected chi connectivity index (χ2v) is 8.47. The molecular formula is C27H28N4O2. The molecule has 0 unspecified atom stereocenters. The van der Waals surface area contributed by atoms with Gasteiger partial charge >= 0.3 is 0 Å². The van der Waals surface area contributed by atoms with Gasteiger partial charge < -0.3 is 14.2 Å². The first-order valence-corrected chi connectivity index (χ1v) is 11.3. The average Bonchev–Trinajstić information content (AvgIpc) is 3.28. The van der Waals surface area contributed by atoms with Crippen LogP contribution in [0.15, 0.2) is 79.1 Å². The van der Waals surface area contributed by atoms with Gasteiger partial charge in [0.05, 0.1) is 0 Å². The normalized spacial score (nSPS) is 14.5. The molecule has 0 saturated carbocycles. The van der Waals surface area contributed by atoms with Crippen LogP contribution in [0.1, 0.15) is 21.7 Å². The molecule has 0 N–H and O–H groups in total. The van der Waals surface area contributed by atoms with Gasteiger partial charge in [-0.15, -0.1) is 0 Å². The van der Waals surface area contributed by atoms with Crippen molar-refractivity contribution in [3.05, 3.63) is 96.1 Å². The van der Waals surface area contributed by atoms with Crippen LogP contribution in [0, 0.1) is 0 Å². The van der Waals surface area contributed by atoms with Crippen LogP contribution >= 0.6 is 0 Å². The number of amides is 1. The fourth-order valence-electron chi connectivity index (χ4n) is 4.34. The van der Waals surface area contributed by atoms with E-state index in [0.717, 1.165) is 44.3 Å². The van der Waals surface area contributed by atoms with E-state index in [1.807, 2.05) is 47.0 Å². The minimum absolute atomic E-state index is 0.0791. The number of rotatable bonds is 6. The Bertz CT molecular complexity index is 1240. The lowest BCUT2D eigenvalue weighted by Crippen LogP contribution is -2.48. The van der Waals surface area contributed by atoms with E-state index >= 15 is 0 Å². The van der Waals surface area contributed by atoms with E-state index in [-0.39, 0.29) is 5.91 Å². The van der Waals surface area contributed by atoms with Crippen molar-refractivity contribution in [3.63, 3.8) is 0 Å². The third-order valence-electron chi connectivity index (χ3n) is 6.32. The van der Waals surface area contributed by atoms with Crippen molar-refractivity contribution in [2.75, 3.05) is 26.2 Å². The number of benzene rings is 3. The Labute approximate surface area is 194 Å². The van der Waals surface area contributed by atoms with Crippen molar-refractivity contribution in [2.45, 2.75) is 13.2 Å². The van der Waals surface area contributed by atoms with Gasteiger partial charge in [0, 0.05) is 57.7 Å². The molecule has 1 fully saturated rings. The SMILES string of the molecule is Cn1ccnc1COc1ccc(C(=O)N2CCN(Cc3cccc4ccccc34)CC2)cc1. The Morgan fingerprint density at radius 1 is 0.939 bits per heavy atom. The molecule has 6 nitrogen and oxygen atoms in total. The number of carbonyl (C=O) groups excluding carboxylic acids is 1. The van der Waals surface area contributed by atoms with Crippen LogP contribution in [0.2, 0.25) is 0 Å². The molecule has 6 heteroatoms. The summed E-state index contributed by atoms with van der Waals surface area (Å²) in [4.78, 5) is 21.6. The van der Waals surface area contributed by atoms with Crippen molar-refractivity contribution < 1.29 is 9.53 Å². The second-order valence-electron chi connectivity index (χ2n) is 8.47. The molecule has 0 spiro atoms. The Kier molecular flexibility index (Phi) is 6.09. The van der Waals surface area contributed by atoms with Crippen LogP contribution in [0.25, 0.3) is 10.8 Å². The number of hydrogen-bond acceptors (Lipinski definition) is 4. The van der Waals surface area contributed by atoms with Crippen LogP contribution < -0.4 is 4.74 Å². The Morgan fingerprint density at radius 3 is 2.45 bits per heavy atom. The molecule has 1 saturated heterocycles. The summed E-state index contributed by atoms with van der Waals surface area (Å²) in [6.07, 6.45) is 3.64. The smallest absolute Gasteiger partial charge is 0.253 e. The van der Waals surface area contributed by atoms with E-state index in [9.17, 15) is 4.79 Å². The predicted molar refractivity (Wildman–Crippen MR) is 129 cm³/mol. The highest BCUT2D eigenvalue weighted by Gasteiger charge is 2.22. The number of aryl methyl sites for hydroxylation is 1. The van der Waals surface area contributed by atoms with Gasteiger partial charge in [-0.3, -0.25) is 9.69 Å². The van der Waals surface area contributed by atoms with E-state index in [1.54, 1.807) is 6.20 Å². The molecule has 1 aliphatic heterocycles. The van der Waals surface area contributed by atoms with Crippen molar-refractivity contribution in [2.24, 2.45) is 7.05 Å². The molecular weight excluding hydrogens is 412 g/mol. The molecule has 0 aliphatic carbocycles. The fourth-order valence-corrected chi connectivity index (χ4v) is 4.34. The van der Waals surface area contributed by atoms with Crippen molar-refractivity contribution in [1.82, 2.24) is 19.4 Å². The predicted octanol–water partition coefficient (Wildman–Crippen LogP) is 4.11. The lowest BCUT2D eigenvalue weighted by molar-refractivity contribution is 0.0629. The number of nitrogens with zero attached hydrogens (tertiary/aromatic N) is 4. The maximum absolute atomic E-state index is 13.0. The summed E-state index contributed by atoms with van der Waals surface area (Å²) in [6, 6.07) is 22.4. The molecule has 3 aromatic carbocycles. The number of aromatic nitrogens is 2. The van der Waals surface area contributed by atoms with E-state index in [0.29, 0.717) is 12.2 Å². The number of carbonyl (C=O) groups is 1. The fraction of sp³-hybridized carbons (Fsp3) is 0.259. The summed E-state index contributed by atoms with van der Waals surface area (Å²) in [7, 11) is 1.94. The third kappa shape index (κ3) is 4.76. The molecule has 5 rings (SSSR count). The lowest BCUT2D eigenvalue weighted by Gasteiger charge is -2.35. The first-order valence-electron chi connectivity index (χ1n) is 11.3. The van der Waals surface area contributed by atoms with Crippen LogP contribution in [-0.2, 0) is 20.2 Å². The molecule has 168 valence electrons. The van der Waals surface area contributed by atoms with Gasteiger partial charge in [-0.2, -0.15) is 0 Å². The third-order valence-corrected chi connectivity index (χ3v) is 6.32. The molecule has 1 aromatic heterocycles. The summed E-state index contributed by atoms with van der Waals surface area (Å²) in [6.45, 7) is 4.53. The molecule has 33 heavy (non-hydrogen) atoms. The molecule has 0 radical (unpaired) electrons. The first kappa shape index (κ1) is 21.2. The van der Waals surface area contributed by atoms with E-state index in [4.69, 9.17) is 4.74 Å². The second kappa shape index (κ2) is 9.46. The Balaban J connectivity index is 1.15. The van der Waals surface area contributed by atoms with Crippen LogP contribution in [0.3, 0.4) is 0 Å². The molecule has 4 aromatic rings. The summed E-state index contributed by atoms with van der Waals surface area (Å²) in [5.74, 6) is 1.67. The zero-order chi connectivity index (χ0) is 22.6.